The van der Waals surface area contributed by atoms with E-state index in [4.69, 9.17) is 14.5 Å². The first-order valence-corrected chi connectivity index (χ1v) is 9.14. The van der Waals surface area contributed by atoms with E-state index in [0.29, 0.717) is 19.3 Å². The largest absolute Gasteiger partial charge is 0.382 e. The molecule has 6 heteroatoms. The minimum atomic E-state index is 0.574. The molecular formula is C17H36N4O2. The van der Waals surface area contributed by atoms with Crippen molar-refractivity contribution in [2.45, 2.75) is 45.6 Å². The minimum Gasteiger partial charge on any atom is -0.382 e. The zero-order valence-corrected chi connectivity index (χ0v) is 15.3. The average molecular weight is 329 g/mol. The molecule has 0 spiro atoms. The van der Waals surface area contributed by atoms with Crippen molar-refractivity contribution in [3.8, 4) is 0 Å². The van der Waals surface area contributed by atoms with E-state index >= 15 is 0 Å². The van der Waals surface area contributed by atoms with E-state index in [9.17, 15) is 0 Å². The maximum atomic E-state index is 5.47. The van der Waals surface area contributed by atoms with Gasteiger partial charge in [-0.25, -0.2) is 0 Å². The zero-order chi connectivity index (χ0) is 16.8. The standard InChI is InChI=1S/C17H36N4O2/c1-4-16(21-10-6-7-11-21)15-20-17(18-5-2)19-9-8-12-23-14-13-22-3/h16H,4-15H2,1-3H3,(H2,18,19,20). The second-order valence-corrected chi connectivity index (χ2v) is 5.91. The van der Waals surface area contributed by atoms with E-state index in [2.05, 4.69) is 29.4 Å². The lowest BCUT2D eigenvalue weighted by atomic mass is 10.2. The third kappa shape index (κ3) is 9.13. The lowest BCUT2D eigenvalue weighted by Gasteiger charge is -2.25. The maximum Gasteiger partial charge on any atom is 0.191 e. The maximum absolute atomic E-state index is 5.47. The average Bonchev–Trinajstić information content (AvgIpc) is 3.09. The van der Waals surface area contributed by atoms with Crippen molar-refractivity contribution in [3.63, 3.8) is 0 Å². The van der Waals surface area contributed by atoms with E-state index in [1.807, 2.05) is 0 Å². The van der Waals surface area contributed by atoms with Gasteiger partial charge in [-0.3, -0.25) is 9.89 Å². The highest BCUT2D eigenvalue weighted by Crippen LogP contribution is 2.14. The molecule has 1 aliphatic rings. The summed E-state index contributed by atoms with van der Waals surface area (Å²) in [7, 11) is 1.69. The van der Waals surface area contributed by atoms with Crippen LogP contribution >= 0.6 is 0 Å². The number of ether oxygens (including phenoxy) is 2. The van der Waals surface area contributed by atoms with Crippen LogP contribution in [0.2, 0.25) is 0 Å². The Balaban J connectivity index is 2.25. The molecule has 1 atom stereocenters. The number of guanidine groups is 1. The Kier molecular flexibility index (Phi) is 11.9. The summed E-state index contributed by atoms with van der Waals surface area (Å²) >= 11 is 0. The molecule has 0 amide bonds. The molecule has 1 rings (SSSR count). The van der Waals surface area contributed by atoms with Gasteiger partial charge in [-0.15, -0.1) is 0 Å². The molecule has 1 saturated heterocycles. The second kappa shape index (κ2) is 13.6. The number of hydrogen-bond donors (Lipinski definition) is 2. The van der Waals surface area contributed by atoms with Gasteiger partial charge in [0.25, 0.3) is 0 Å². The summed E-state index contributed by atoms with van der Waals surface area (Å²) in [6, 6.07) is 0.574. The van der Waals surface area contributed by atoms with Gasteiger partial charge in [0.2, 0.25) is 0 Å². The van der Waals surface area contributed by atoms with Crippen LogP contribution in [0.15, 0.2) is 4.99 Å². The van der Waals surface area contributed by atoms with Gasteiger partial charge in [-0.1, -0.05) is 6.92 Å². The van der Waals surface area contributed by atoms with Crippen LogP contribution in [0, 0.1) is 0 Å². The van der Waals surface area contributed by atoms with Crippen LogP contribution in [-0.4, -0.2) is 76.6 Å². The third-order valence-corrected chi connectivity index (χ3v) is 4.12. The number of rotatable bonds is 12. The zero-order valence-electron chi connectivity index (χ0n) is 15.3. The minimum absolute atomic E-state index is 0.574. The number of hydrogen-bond acceptors (Lipinski definition) is 4. The molecular weight excluding hydrogens is 292 g/mol. The van der Waals surface area contributed by atoms with Crippen molar-refractivity contribution < 1.29 is 9.47 Å². The van der Waals surface area contributed by atoms with Gasteiger partial charge >= 0.3 is 0 Å². The van der Waals surface area contributed by atoms with Crippen molar-refractivity contribution in [1.82, 2.24) is 15.5 Å². The predicted molar refractivity (Wildman–Crippen MR) is 96.2 cm³/mol. The van der Waals surface area contributed by atoms with Gasteiger partial charge in [0.05, 0.1) is 19.8 Å². The van der Waals surface area contributed by atoms with Crippen LogP contribution in [0.3, 0.4) is 0 Å². The molecule has 1 aliphatic heterocycles. The summed E-state index contributed by atoms with van der Waals surface area (Å²) in [4.78, 5) is 7.35. The molecule has 1 fully saturated rings. The van der Waals surface area contributed by atoms with Gasteiger partial charge in [0.15, 0.2) is 5.96 Å². The molecule has 0 aromatic heterocycles. The van der Waals surface area contributed by atoms with Gasteiger partial charge in [0.1, 0.15) is 0 Å². The molecule has 1 heterocycles. The Hall–Kier alpha value is -0.850. The monoisotopic (exact) mass is 328 g/mol. The summed E-state index contributed by atoms with van der Waals surface area (Å²) in [6.07, 6.45) is 4.80. The Bertz CT molecular complexity index is 307. The van der Waals surface area contributed by atoms with Crippen LogP contribution in [0.1, 0.15) is 39.5 Å². The molecule has 6 nitrogen and oxygen atoms in total. The normalized spacial score (nSPS) is 17.4. The van der Waals surface area contributed by atoms with Crippen molar-refractivity contribution in [1.29, 1.82) is 0 Å². The predicted octanol–water partition coefficient (Wildman–Crippen LogP) is 1.47. The number of methoxy groups -OCH3 is 1. The summed E-state index contributed by atoms with van der Waals surface area (Å²) in [5.74, 6) is 0.919. The topological polar surface area (TPSA) is 58.1 Å². The highest BCUT2D eigenvalue weighted by Gasteiger charge is 2.19. The summed E-state index contributed by atoms with van der Waals surface area (Å²) in [6.45, 7) is 11.5. The first-order chi connectivity index (χ1) is 11.3. The van der Waals surface area contributed by atoms with Gasteiger partial charge < -0.3 is 20.1 Å². The second-order valence-electron chi connectivity index (χ2n) is 5.91. The van der Waals surface area contributed by atoms with Gasteiger partial charge in [0, 0.05) is 32.8 Å². The number of nitrogens with one attached hydrogen (secondary N) is 2. The molecule has 1 unspecified atom stereocenters. The molecule has 0 bridgehead atoms. The Morgan fingerprint density at radius 1 is 1.13 bits per heavy atom. The molecule has 2 N–H and O–H groups in total. The Morgan fingerprint density at radius 3 is 2.57 bits per heavy atom. The highest BCUT2D eigenvalue weighted by molar-refractivity contribution is 5.79. The lowest BCUT2D eigenvalue weighted by molar-refractivity contribution is 0.0698. The van der Waals surface area contributed by atoms with Crippen LogP contribution in [-0.2, 0) is 9.47 Å². The number of likely N-dealkylation sites (tertiary alicyclic amines) is 1. The van der Waals surface area contributed by atoms with E-state index in [-0.39, 0.29) is 0 Å². The molecule has 0 aliphatic carbocycles. The number of aliphatic imine (C=N–C) groups is 1. The third-order valence-electron chi connectivity index (χ3n) is 4.12. The SMILES string of the molecule is CCNC(=NCC(CC)N1CCCC1)NCCCOCCOC. The van der Waals surface area contributed by atoms with Crippen LogP contribution < -0.4 is 10.6 Å². The van der Waals surface area contributed by atoms with Gasteiger partial charge in [-0.05, 0) is 45.7 Å². The smallest absolute Gasteiger partial charge is 0.191 e. The molecule has 0 aromatic rings. The fourth-order valence-electron chi connectivity index (χ4n) is 2.77. The molecule has 23 heavy (non-hydrogen) atoms. The van der Waals surface area contributed by atoms with Crippen molar-refractivity contribution in [2.24, 2.45) is 4.99 Å². The quantitative estimate of drug-likeness (QED) is 0.323. The Labute approximate surface area is 142 Å². The first kappa shape index (κ1) is 20.2. The first-order valence-electron chi connectivity index (χ1n) is 9.14. The molecule has 0 radical (unpaired) electrons. The van der Waals surface area contributed by atoms with E-state index in [0.717, 1.165) is 45.0 Å². The Morgan fingerprint density at radius 2 is 1.91 bits per heavy atom. The van der Waals surface area contributed by atoms with Crippen molar-refractivity contribution in [2.75, 3.05) is 59.7 Å². The summed E-state index contributed by atoms with van der Waals surface area (Å²) in [5.41, 5.74) is 0. The van der Waals surface area contributed by atoms with Gasteiger partial charge in [-0.2, -0.15) is 0 Å². The van der Waals surface area contributed by atoms with Crippen molar-refractivity contribution >= 4 is 5.96 Å². The fraction of sp³-hybridized carbons (Fsp3) is 0.941. The summed E-state index contributed by atoms with van der Waals surface area (Å²) in [5, 5.41) is 6.71. The van der Waals surface area contributed by atoms with E-state index in [1.165, 1.54) is 25.9 Å². The summed E-state index contributed by atoms with van der Waals surface area (Å²) < 4.78 is 10.4. The number of nitrogens with zero attached hydrogens (tertiary/aromatic N) is 2. The fourth-order valence-corrected chi connectivity index (χ4v) is 2.77. The molecule has 0 aromatic carbocycles. The molecule has 0 saturated carbocycles. The van der Waals surface area contributed by atoms with Crippen LogP contribution in [0.4, 0.5) is 0 Å². The van der Waals surface area contributed by atoms with Crippen molar-refractivity contribution in [3.05, 3.63) is 0 Å². The lowest BCUT2D eigenvalue weighted by Crippen LogP contribution is -2.40. The highest BCUT2D eigenvalue weighted by atomic mass is 16.5. The van der Waals surface area contributed by atoms with Crippen LogP contribution in [0.25, 0.3) is 0 Å². The van der Waals surface area contributed by atoms with E-state index in [1.54, 1.807) is 7.11 Å². The molecule has 136 valence electrons. The van der Waals surface area contributed by atoms with Crippen LogP contribution in [0.5, 0.6) is 0 Å². The van der Waals surface area contributed by atoms with E-state index < -0.39 is 0 Å².